The minimum atomic E-state index is -0.826. The standard InChI is InChI=1S/C14H18.2ClH.Zr/c1-4-11-8-12-6-5-7-13(10(2)3)14(12)9-11;;;/h5-7,9-10H,4,8H2,1-3H3;2*1H;/q;;;+2/p-2. The van der Waals surface area contributed by atoms with Gasteiger partial charge < -0.3 is 0 Å². The number of fused-ring (bicyclic) bond motifs is 1. The van der Waals surface area contributed by atoms with E-state index in [1.165, 1.54) is 29.5 Å². The zero-order valence-electron chi connectivity index (χ0n) is 10.6. The summed E-state index contributed by atoms with van der Waals surface area (Å²) in [5, 5.41) is 0. The molecule has 0 N–H and O–H groups in total. The molecule has 0 spiro atoms. The Labute approximate surface area is 123 Å². The molecule has 0 aliphatic heterocycles. The van der Waals surface area contributed by atoms with E-state index in [0.717, 1.165) is 0 Å². The van der Waals surface area contributed by atoms with Crippen molar-refractivity contribution in [2.24, 2.45) is 0 Å². The molecule has 0 aromatic heterocycles. The minimum absolute atomic E-state index is 0.636. The Morgan fingerprint density at radius 1 is 1.29 bits per heavy atom. The van der Waals surface area contributed by atoms with E-state index >= 15 is 0 Å². The van der Waals surface area contributed by atoms with Gasteiger partial charge in [0.15, 0.2) is 0 Å². The number of rotatable bonds is 2. The number of benzene rings is 1. The van der Waals surface area contributed by atoms with Gasteiger partial charge in [0.25, 0.3) is 0 Å². The first kappa shape index (κ1) is 15.5. The molecule has 0 nitrogen and oxygen atoms in total. The topological polar surface area (TPSA) is 0 Å². The summed E-state index contributed by atoms with van der Waals surface area (Å²) in [5.41, 5.74) is 6.10. The average molecular weight is 348 g/mol. The maximum absolute atomic E-state index is 4.93. The van der Waals surface area contributed by atoms with Crippen molar-refractivity contribution in [3.63, 3.8) is 0 Å². The molecule has 92 valence electrons. The summed E-state index contributed by atoms with van der Waals surface area (Å²) in [5.74, 6) is 0.636. The fraction of sp³-hybridized carbons (Fsp3) is 0.429. The van der Waals surface area contributed by atoms with Gasteiger partial charge in [-0.2, -0.15) is 0 Å². The van der Waals surface area contributed by atoms with Crippen LogP contribution in [-0.2, 0) is 27.3 Å². The summed E-state index contributed by atoms with van der Waals surface area (Å²) in [7, 11) is 9.87. The summed E-state index contributed by atoms with van der Waals surface area (Å²) in [6, 6.07) is 6.72. The van der Waals surface area contributed by atoms with E-state index in [9.17, 15) is 0 Å². The van der Waals surface area contributed by atoms with Gasteiger partial charge in [0.05, 0.1) is 0 Å². The Bertz CT molecular complexity index is 397. The summed E-state index contributed by atoms with van der Waals surface area (Å²) >= 11 is -0.826. The van der Waals surface area contributed by atoms with Crippen LogP contribution in [0.1, 0.15) is 49.8 Å². The first-order valence-corrected chi connectivity index (χ1v) is 12.2. The zero-order chi connectivity index (χ0) is 12.8. The van der Waals surface area contributed by atoms with Crippen molar-refractivity contribution in [1.29, 1.82) is 0 Å². The average Bonchev–Trinajstić information content (AvgIpc) is 2.72. The number of hydrogen-bond donors (Lipinski definition) is 0. The molecule has 0 fully saturated rings. The van der Waals surface area contributed by atoms with E-state index in [1.54, 1.807) is 5.57 Å². The second kappa shape index (κ2) is 7.77. The normalized spacial score (nSPS) is 12.7. The monoisotopic (exact) mass is 346 g/mol. The van der Waals surface area contributed by atoms with Gasteiger partial charge >= 0.3 is 37.9 Å². The molecule has 1 aromatic rings. The van der Waals surface area contributed by atoms with Crippen molar-refractivity contribution >= 4 is 23.1 Å². The van der Waals surface area contributed by atoms with E-state index in [1.807, 2.05) is 0 Å². The second-order valence-corrected chi connectivity index (χ2v) is 8.21. The van der Waals surface area contributed by atoms with Crippen LogP contribution >= 0.6 is 17.0 Å². The molecule has 0 unspecified atom stereocenters. The Morgan fingerprint density at radius 3 is 2.47 bits per heavy atom. The van der Waals surface area contributed by atoms with Crippen molar-refractivity contribution in [3.05, 3.63) is 40.5 Å². The van der Waals surface area contributed by atoms with E-state index < -0.39 is 20.8 Å². The number of halogens is 2. The molecule has 0 saturated carbocycles. The van der Waals surface area contributed by atoms with Gasteiger partial charge in [-0.05, 0) is 35.4 Å². The van der Waals surface area contributed by atoms with Gasteiger partial charge in [0.2, 0.25) is 0 Å². The predicted molar refractivity (Wildman–Crippen MR) is 74.2 cm³/mol. The van der Waals surface area contributed by atoms with Crippen LogP contribution < -0.4 is 0 Å². The maximum atomic E-state index is 4.93. The number of hydrogen-bond acceptors (Lipinski definition) is 0. The predicted octanol–water partition coefficient (Wildman–Crippen LogP) is 5.54. The van der Waals surface area contributed by atoms with Crippen molar-refractivity contribution < 1.29 is 20.8 Å². The molecule has 1 aliphatic rings. The third-order valence-electron chi connectivity index (χ3n) is 3.07. The van der Waals surface area contributed by atoms with Gasteiger partial charge in [-0.25, -0.2) is 0 Å². The zero-order valence-corrected chi connectivity index (χ0v) is 14.5. The van der Waals surface area contributed by atoms with Gasteiger partial charge in [0, 0.05) is 0 Å². The van der Waals surface area contributed by atoms with Crippen LogP contribution in [0.25, 0.3) is 6.08 Å². The quantitative estimate of drug-likeness (QED) is 0.659. The molecule has 0 heterocycles. The van der Waals surface area contributed by atoms with Gasteiger partial charge in [-0.15, -0.1) is 0 Å². The van der Waals surface area contributed by atoms with Gasteiger partial charge in [-0.1, -0.05) is 50.6 Å². The third kappa shape index (κ3) is 4.23. The van der Waals surface area contributed by atoms with Crippen molar-refractivity contribution in [2.75, 3.05) is 0 Å². The summed E-state index contributed by atoms with van der Waals surface area (Å²) in [6.45, 7) is 6.79. The van der Waals surface area contributed by atoms with Crippen LogP contribution in [0.2, 0.25) is 0 Å². The molecule has 1 aromatic carbocycles. The molecule has 0 amide bonds. The molecule has 0 radical (unpaired) electrons. The van der Waals surface area contributed by atoms with E-state index in [-0.39, 0.29) is 0 Å². The van der Waals surface area contributed by atoms with Crippen LogP contribution in [0.15, 0.2) is 23.8 Å². The first-order chi connectivity index (χ1) is 8.13. The van der Waals surface area contributed by atoms with Crippen LogP contribution in [0, 0.1) is 0 Å². The van der Waals surface area contributed by atoms with Gasteiger partial charge in [0.1, 0.15) is 0 Å². The van der Waals surface area contributed by atoms with E-state index in [2.05, 4.69) is 45.0 Å². The summed E-state index contributed by atoms with van der Waals surface area (Å²) in [4.78, 5) is 0. The van der Waals surface area contributed by atoms with Crippen LogP contribution in [0.4, 0.5) is 0 Å². The third-order valence-corrected chi connectivity index (χ3v) is 3.07. The molecule has 2 rings (SSSR count). The number of allylic oxidation sites excluding steroid dienone is 1. The van der Waals surface area contributed by atoms with E-state index in [0.29, 0.717) is 5.92 Å². The molecular weight excluding hydrogens is 330 g/mol. The van der Waals surface area contributed by atoms with E-state index in [4.69, 9.17) is 17.0 Å². The van der Waals surface area contributed by atoms with Gasteiger partial charge in [-0.3, -0.25) is 0 Å². The van der Waals surface area contributed by atoms with Crippen LogP contribution in [0.5, 0.6) is 0 Å². The van der Waals surface area contributed by atoms with Crippen molar-refractivity contribution in [3.8, 4) is 0 Å². The summed E-state index contributed by atoms with van der Waals surface area (Å²) < 4.78 is 0. The summed E-state index contributed by atoms with van der Waals surface area (Å²) in [6.07, 6.45) is 4.75. The Hall–Kier alpha value is 0.423. The second-order valence-electron chi connectivity index (χ2n) is 4.48. The molecule has 0 bridgehead atoms. The molecule has 0 saturated heterocycles. The van der Waals surface area contributed by atoms with Crippen LogP contribution in [0.3, 0.4) is 0 Å². The Morgan fingerprint density at radius 2 is 1.94 bits per heavy atom. The van der Waals surface area contributed by atoms with Crippen LogP contribution in [-0.4, -0.2) is 0 Å². The first-order valence-electron chi connectivity index (χ1n) is 5.91. The SMILES string of the molecule is CCC1=Cc2c(cccc2C(C)C)C1.[Cl][Zr][Cl]. The molecular formula is C14H18Cl2Zr. The molecule has 0 atom stereocenters. The fourth-order valence-corrected chi connectivity index (χ4v) is 2.19. The molecule has 3 heteroatoms. The molecule has 1 aliphatic carbocycles. The fourth-order valence-electron chi connectivity index (χ4n) is 2.19. The Balaban J connectivity index is 0.000000437. The van der Waals surface area contributed by atoms with Crippen molar-refractivity contribution in [2.45, 2.75) is 39.5 Å². The molecule has 17 heavy (non-hydrogen) atoms. The Kier molecular flexibility index (Phi) is 7.08. The van der Waals surface area contributed by atoms with Crippen molar-refractivity contribution in [1.82, 2.24) is 0 Å².